The molecule has 1 heterocycles. The molecule has 1 fully saturated rings. The smallest absolute Gasteiger partial charge is 0.279 e. The number of likely N-dealkylation sites (N-methyl/N-ethyl adjacent to an activating group) is 1. The Morgan fingerprint density at radius 3 is 2.33 bits per heavy atom. The zero-order chi connectivity index (χ0) is 17.4. The third-order valence-corrected chi connectivity index (χ3v) is 4.41. The molecule has 0 unspecified atom stereocenters. The first-order valence-electron chi connectivity index (χ1n) is 9.02. The van der Waals surface area contributed by atoms with Crippen LogP contribution < -0.4 is 24.6 Å². The minimum absolute atomic E-state index is 0.0274. The van der Waals surface area contributed by atoms with Crippen LogP contribution in [0.5, 0.6) is 11.5 Å². The molecule has 0 atom stereocenters. The van der Waals surface area contributed by atoms with Crippen molar-refractivity contribution in [2.75, 3.05) is 57.8 Å². The summed E-state index contributed by atoms with van der Waals surface area (Å²) in [6.07, 6.45) is 0. The number of ether oxygens (including phenoxy) is 2. The molecule has 1 aromatic rings. The second kappa shape index (κ2) is 9.49. The second-order valence-electron chi connectivity index (χ2n) is 6.10. The predicted molar refractivity (Wildman–Crippen MR) is 94.2 cm³/mol. The number of hydrogen-bond acceptors (Lipinski definition) is 3. The number of amides is 1. The van der Waals surface area contributed by atoms with Gasteiger partial charge >= 0.3 is 0 Å². The number of rotatable bonds is 8. The molecule has 24 heavy (non-hydrogen) atoms. The van der Waals surface area contributed by atoms with Gasteiger partial charge in [0.1, 0.15) is 37.7 Å². The third-order valence-electron chi connectivity index (χ3n) is 4.41. The van der Waals surface area contributed by atoms with E-state index in [-0.39, 0.29) is 5.91 Å². The Hall–Kier alpha value is -1.79. The molecule has 0 aromatic heterocycles. The highest BCUT2D eigenvalue weighted by atomic mass is 16.5. The molecule has 0 bridgehead atoms. The van der Waals surface area contributed by atoms with Crippen molar-refractivity contribution in [3.05, 3.63) is 18.2 Å². The minimum Gasteiger partial charge on any atom is -0.494 e. The van der Waals surface area contributed by atoms with Crippen LogP contribution >= 0.6 is 0 Å². The maximum absolute atomic E-state index is 12.4. The van der Waals surface area contributed by atoms with Crippen molar-refractivity contribution in [1.82, 2.24) is 0 Å². The van der Waals surface area contributed by atoms with Crippen LogP contribution in [0.15, 0.2) is 18.2 Å². The van der Waals surface area contributed by atoms with Gasteiger partial charge in [0, 0.05) is 6.07 Å². The largest absolute Gasteiger partial charge is 0.494 e. The molecule has 2 rings (SSSR count). The van der Waals surface area contributed by atoms with Gasteiger partial charge < -0.3 is 24.6 Å². The Morgan fingerprint density at radius 1 is 1.04 bits per heavy atom. The molecule has 0 spiro atoms. The topological polar surface area (TPSA) is 56.4 Å². The van der Waals surface area contributed by atoms with Gasteiger partial charge in [0.2, 0.25) is 0 Å². The SMILES string of the molecule is CCOc1ccc(OCC)c(NC(=O)C[NH+]2CC[NH+](CC)CC2)c1. The van der Waals surface area contributed by atoms with Crippen molar-refractivity contribution in [2.45, 2.75) is 20.8 Å². The van der Waals surface area contributed by atoms with E-state index < -0.39 is 0 Å². The first-order chi connectivity index (χ1) is 11.7. The molecular formula is C18H31N3O3+2. The molecule has 6 nitrogen and oxygen atoms in total. The Balaban J connectivity index is 1.95. The Morgan fingerprint density at radius 2 is 1.71 bits per heavy atom. The number of carbonyl (C=O) groups excluding carboxylic acids is 1. The summed E-state index contributed by atoms with van der Waals surface area (Å²) in [7, 11) is 0. The van der Waals surface area contributed by atoms with Gasteiger partial charge in [-0.25, -0.2) is 0 Å². The molecule has 0 saturated carbocycles. The lowest BCUT2D eigenvalue weighted by atomic mass is 10.2. The van der Waals surface area contributed by atoms with E-state index >= 15 is 0 Å². The van der Waals surface area contributed by atoms with Gasteiger partial charge in [-0.2, -0.15) is 0 Å². The van der Waals surface area contributed by atoms with Crippen molar-refractivity contribution in [2.24, 2.45) is 0 Å². The Bertz CT molecular complexity index is 528. The monoisotopic (exact) mass is 337 g/mol. The molecule has 1 aromatic carbocycles. The highest BCUT2D eigenvalue weighted by molar-refractivity contribution is 5.93. The highest BCUT2D eigenvalue weighted by Gasteiger charge is 2.24. The molecule has 1 aliphatic rings. The number of benzene rings is 1. The van der Waals surface area contributed by atoms with E-state index in [2.05, 4.69) is 12.2 Å². The zero-order valence-electron chi connectivity index (χ0n) is 15.1. The molecular weight excluding hydrogens is 306 g/mol. The van der Waals surface area contributed by atoms with Gasteiger partial charge in [-0.15, -0.1) is 0 Å². The standard InChI is InChI=1S/C18H29N3O3/c1-4-20-9-11-21(12-10-20)14-18(22)19-16-13-15(23-5-2)7-8-17(16)24-6-3/h7-8,13H,4-6,9-12,14H2,1-3H3,(H,19,22)/p+2. The molecule has 0 aliphatic carbocycles. The predicted octanol–water partition coefficient (Wildman–Crippen LogP) is -0.774. The summed E-state index contributed by atoms with van der Waals surface area (Å²) in [4.78, 5) is 15.4. The number of carbonyl (C=O) groups is 1. The fourth-order valence-corrected chi connectivity index (χ4v) is 3.05. The van der Waals surface area contributed by atoms with Crippen molar-refractivity contribution in [1.29, 1.82) is 0 Å². The van der Waals surface area contributed by atoms with Crippen molar-refractivity contribution >= 4 is 11.6 Å². The summed E-state index contributed by atoms with van der Waals surface area (Å²) in [5.41, 5.74) is 0.685. The van der Waals surface area contributed by atoms with Crippen LogP contribution in [0.4, 0.5) is 5.69 Å². The zero-order valence-corrected chi connectivity index (χ0v) is 15.1. The van der Waals surface area contributed by atoms with E-state index in [1.807, 2.05) is 32.0 Å². The van der Waals surface area contributed by atoms with Crippen LogP contribution in [-0.4, -0.2) is 58.4 Å². The summed E-state index contributed by atoms with van der Waals surface area (Å²) in [6, 6.07) is 5.55. The molecule has 6 heteroatoms. The van der Waals surface area contributed by atoms with Gasteiger partial charge in [-0.05, 0) is 32.9 Å². The normalized spacial score (nSPS) is 20.5. The quantitative estimate of drug-likeness (QED) is 0.584. The molecule has 1 aliphatic heterocycles. The second-order valence-corrected chi connectivity index (χ2v) is 6.10. The molecule has 134 valence electrons. The number of anilines is 1. The minimum atomic E-state index is 0.0274. The van der Waals surface area contributed by atoms with Gasteiger partial charge in [0.15, 0.2) is 6.54 Å². The van der Waals surface area contributed by atoms with Crippen molar-refractivity contribution in [3.63, 3.8) is 0 Å². The lowest BCUT2D eigenvalue weighted by Crippen LogP contribution is -3.28. The van der Waals surface area contributed by atoms with E-state index in [1.165, 1.54) is 11.4 Å². The fourth-order valence-electron chi connectivity index (χ4n) is 3.05. The van der Waals surface area contributed by atoms with Crippen LogP contribution in [0, 0.1) is 0 Å². The van der Waals surface area contributed by atoms with Crippen molar-refractivity contribution in [3.8, 4) is 11.5 Å². The van der Waals surface area contributed by atoms with Crippen LogP contribution in [-0.2, 0) is 4.79 Å². The van der Waals surface area contributed by atoms with Crippen LogP contribution in [0.25, 0.3) is 0 Å². The summed E-state index contributed by atoms with van der Waals surface area (Å²) < 4.78 is 11.1. The van der Waals surface area contributed by atoms with Gasteiger partial charge in [-0.1, -0.05) is 0 Å². The number of hydrogen-bond donors (Lipinski definition) is 3. The highest BCUT2D eigenvalue weighted by Crippen LogP contribution is 2.29. The van der Waals surface area contributed by atoms with Crippen molar-refractivity contribution < 1.29 is 24.1 Å². The van der Waals surface area contributed by atoms with E-state index in [0.29, 0.717) is 31.2 Å². The average molecular weight is 337 g/mol. The first kappa shape index (κ1) is 18.5. The summed E-state index contributed by atoms with van der Waals surface area (Å²) in [6.45, 7) is 13.3. The molecule has 1 amide bonds. The van der Waals surface area contributed by atoms with E-state index in [1.54, 1.807) is 4.90 Å². The summed E-state index contributed by atoms with van der Waals surface area (Å²) >= 11 is 0. The summed E-state index contributed by atoms with van der Waals surface area (Å²) in [5, 5.41) is 3.00. The van der Waals surface area contributed by atoms with Crippen LogP contribution in [0.1, 0.15) is 20.8 Å². The first-order valence-corrected chi connectivity index (χ1v) is 9.02. The van der Waals surface area contributed by atoms with Gasteiger partial charge in [0.25, 0.3) is 5.91 Å². The average Bonchev–Trinajstić information content (AvgIpc) is 2.58. The Kier molecular flexibility index (Phi) is 7.34. The lowest BCUT2D eigenvalue weighted by molar-refractivity contribution is -1.01. The number of nitrogens with one attached hydrogen (secondary N) is 3. The van der Waals surface area contributed by atoms with Gasteiger partial charge in [-0.3, -0.25) is 4.79 Å². The maximum atomic E-state index is 12.4. The van der Waals surface area contributed by atoms with Crippen LogP contribution in [0.2, 0.25) is 0 Å². The molecule has 3 N–H and O–H groups in total. The molecule has 0 radical (unpaired) electrons. The number of quaternary nitrogens is 2. The van der Waals surface area contributed by atoms with Gasteiger partial charge in [0.05, 0.1) is 25.4 Å². The summed E-state index contributed by atoms with van der Waals surface area (Å²) in [5.74, 6) is 1.45. The third kappa shape index (κ3) is 5.39. The van der Waals surface area contributed by atoms with E-state index in [9.17, 15) is 4.79 Å². The fraction of sp³-hybridized carbons (Fsp3) is 0.611. The van der Waals surface area contributed by atoms with E-state index in [4.69, 9.17) is 9.47 Å². The van der Waals surface area contributed by atoms with E-state index in [0.717, 1.165) is 31.9 Å². The van der Waals surface area contributed by atoms with Crippen LogP contribution in [0.3, 0.4) is 0 Å². The lowest BCUT2D eigenvalue weighted by Gasteiger charge is -2.28. The molecule has 1 saturated heterocycles. The maximum Gasteiger partial charge on any atom is 0.279 e. The number of piperazine rings is 1. The Labute approximate surface area is 144 Å².